The number of likely N-dealkylation sites (tertiary alicyclic amines) is 1. The lowest BCUT2D eigenvalue weighted by Gasteiger charge is -2.37. The summed E-state index contributed by atoms with van der Waals surface area (Å²) in [6.45, 7) is 7.35. The summed E-state index contributed by atoms with van der Waals surface area (Å²) in [5.74, 6) is 0.0253. The van der Waals surface area contributed by atoms with Crippen molar-refractivity contribution in [3.63, 3.8) is 0 Å². The van der Waals surface area contributed by atoms with Crippen molar-refractivity contribution in [2.75, 3.05) is 51.7 Å². The fourth-order valence-electron chi connectivity index (χ4n) is 4.79. The van der Waals surface area contributed by atoms with Gasteiger partial charge in [0.15, 0.2) is 0 Å². The first-order chi connectivity index (χ1) is 18.0. The largest absolute Gasteiger partial charge is 0.379 e. The summed E-state index contributed by atoms with van der Waals surface area (Å²) in [4.78, 5) is 47.3. The monoisotopic (exact) mass is 526 g/mol. The van der Waals surface area contributed by atoms with E-state index in [1.54, 1.807) is 43.0 Å². The Morgan fingerprint density at radius 2 is 1.74 bits per heavy atom. The molecule has 12 heteroatoms. The third-order valence-corrected chi connectivity index (χ3v) is 7.06. The van der Waals surface area contributed by atoms with Gasteiger partial charge in [-0.15, -0.1) is 0 Å². The molecule has 2 aliphatic rings. The predicted octanol–water partition coefficient (Wildman–Crippen LogP) is 0.194. The van der Waals surface area contributed by atoms with Crippen LogP contribution >= 0.6 is 0 Å². The molecule has 3 amide bonds. The topological polar surface area (TPSA) is 152 Å². The Bertz CT molecular complexity index is 1180. The first-order valence-corrected chi connectivity index (χ1v) is 12.9. The zero-order valence-corrected chi connectivity index (χ0v) is 22.3. The van der Waals surface area contributed by atoms with Crippen LogP contribution in [0.5, 0.6) is 0 Å². The Balaban J connectivity index is 1.32. The Labute approximate surface area is 222 Å². The van der Waals surface area contributed by atoms with Gasteiger partial charge in [-0.2, -0.15) is 4.98 Å². The zero-order valence-electron chi connectivity index (χ0n) is 22.3. The van der Waals surface area contributed by atoms with E-state index in [9.17, 15) is 14.4 Å². The number of ether oxygens (including phenoxy) is 1. The Morgan fingerprint density at radius 1 is 1.08 bits per heavy atom. The van der Waals surface area contributed by atoms with Crippen molar-refractivity contribution < 1.29 is 14.3 Å². The van der Waals surface area contributed by atoms with Gasteiger partial charge >= 0.3 is 11.7 Å². The second-order valence-corrected chi connectivity index (χ2v) is 10.5. The molecular formula is C26H38N8O4. The number of amides is 3. The molecule has 1 aromatic carbocycles. The van der Waals surface area contributed by atoms with E-state index in [1.807, 2.05) is 24.3 Å². The van der Waals surface area contributed by atoms with Crippen molar-refractivity contribution >= 4 is 17.8 Å². The van der Waals surface area contributed by atoms with Crippen LogP contribution in [0.4, 0.5) is 10.6 Å². The highest BCUT2D eigenvalue weighted by atomic mass is 16.5. The fourth-order valence-corrected chi connectivity index (χ4v) is 4.79. The zero-order chi connectivity index (χ0) is 27.4. The minimum atomic E-state index is -0.950. The fraction of sp³-hybridized carbons (Fsp3) is 0.538. The van der Waals surface area contributed by atoms with E-state index >= 15 is 0 Å². The van der Waals surface area contributed by atoms with Crippen molar-refractivity contribution in [3.8, 4) is 5.69 Å². The van der Waals surface area contributed by atoms with Crippen LogP contribution < -0.4 is 22.5 Å². The molecule has 1 aromatic heterocycles. The first kappa shape index (κ1) is 27.7. The number of benzene rings is 1. The molecule has 2 atom stereocenters. The number of nitrogens with zero attached hydrogens (tertiary/aromatic N) is 5. The molecule has 0 bridgehead atoms. The van der Waals surface area contributed by atoms with Gasteiger partial charge in [0.2, 0.25) is 5.91 Å². The SMILES string of the molecule is CO[C@@H]1CN(Cc2ccc(-n3ccc(NC(=O)N4CCN(C(=O)C(C)(C)N)CC4)nc3=O)cc2)CCC1N. The average Bonchev–Trinajstić information content (AvgIpc) is 2.89. The maximum absolute atomic E-state index is 12.7. The van der Waals surface area contributed by atoms with Crippen molar-refractivity contribution in [3.05, 3.63) is 52.6 Å². The number of carbonyl (C=O) groups excluding carboxylic acids is 2. The lowest BCUT2D eigenvalue weighted by molar-refractivity contribution is -0.137. The number of hydrogen-bond acceptors (Lipinski definition) is 8. The third kappa shape index (κ3) is 6.57. The molecule has 38 heavy (non-hydrogen) atoms. The van der Waals surface area contributed by atoms with E-state index in [0.29, 0.717) is 31.9 Å². The molecule has 2 saturated heterocycles. The van der Waals surface area contributed by atoms with Crippen molar-refractivity contribution in [1.29, 1.82) is 0 Å². The summed E-state index contributed by atoms with van der Waals surface area (Å²) in [5.41, 5.74) is 12.4. The van der Waals surface area contributed by atoms with Crippen LogP contribution in [0.3, 0.4) is 0 Å². The van der Waals surface area contributed by atoms with Gasteiger partial charge in [-0.1, -0.05) is 12.1 Å². The van der Waals surface area contributed by atoms with Crippen molar-refractivity contribution in [2.24, 2.45) is 11.5 Å². The average molecular weight is 527 g/mol. The highest BCUT2D eigenvalue weighted by Crippen LogP contribution is 2.17. The number of nitrogens with one attached hydrogen (secondary N) is 1. The number of rotatable bonds is 6. The van der Waals surface area contributed by atoms with Crippen LogP contribution in [-0.4, -0.2) is 100 Å². The highest BCUT2D eigenvalue weighted by Gasteiger charge is 2.31. The van der Waals surface area contributed by atoms with E-state index in [4.69, 9.17) is 16.2 Å². The molecular weight excluding hydrogens is 488 g/mol. The molecule has 2 fully saturated rings. The molecule has 2 aromatic rings. The van der Waals surface area contributed by atoms with Gasteiger partial charge in [-0.3, -0.25) is 19.6 Å². The summed E-state index contributed by atoms with van der Waals surface area (Å²) in [7, 11) is 1.69. The van der Waals surface area contributed by atoms with Gasteiger partial charge in [0.1, 0.15) is 5.82 Å². The van der Waals surface area contributed by atoms with Crippen molar-refractivity contribution in [1.82, 2.24) is 24.3 Å². The number of urea groups is 1. The third-order valence-electron chi connectivity index (χ3n) is 7.06. The van der Waals surface area contributed by atoms with Crippen LogP contribution in [0.25, 0.3) is 5.69 Å². The summed E-state index contributed by atoms with van der Waals surface area (Å²) in [5, 5.41) is 2.68. The van der Waals surface area contributed by atoms with Gasteiger partial charge in [0, 0.05) is 65.2 Å². The molecule has 206 valence electrons. The summed E-state index contributed by atoms with van der Waals surface area (Å²) < 4.78 is 6.92. The first-order valence-electron chi connectivity index (χ1n) is 12.9. The number of carbonyl (C=O) groups is 2. The van der Waals surface area contributed by atoms with Gasteiger partial charge in [0.25, 0.3) is 0 Å². The molecule has 0 spiro atoms. The van der Waals surface area contributed by atoms with Crippen LogP contribution in [0.15, 0.2) is 41.3 Å². The van der Waals surface area contributed by atoms with E-state index in [2.05, 4.69) is 15.2 Å². The standard InChI is InChI=1S/C26H38N8O4/c1-26(2,28)23(35)32-12-14-33(15-13-32)24(36)29-22-9-11-34(25(37)30-22)19-6-4-18(5-7-19)16-31-10-8-20(27)21(17-31)38-3/h4-7,9,11,20-21H,8,10,12-17,27-28H2,1-3H3,(H,29,30,36,37)/t20?,21-/m1/s1. The van der Waals surface area contributed by atoms with Gasteiger partial charge in [-0.05, 0) is 44.0 Å². The van der Waals surface area contributed by atoms with Gasteiger partial charge in [0.05, 0.1) is 17.3 Å². The second-order valence-electron chi connectivity index (χ2n) is 10.5. The Kier molecular flexibility index (Phi) is 8.46. The van der Waals surface area contributed by atoms with Crippen LogP contribution in [0.2, 0.25) is 0 Å². The van der Waals surface area contributed by atoms with Crippen molar-refractivity contribution in [2.45, 2.75) is 44.5 Å². The molecule has 2 aliphatic heterocycles. The minimum absolute atomic E-state index is 0.0315. The van der Waals surface area contributed by atoms with Crippen LogP contribution in [0, 0.1) is 0 Å². The summed E-state index contributed by atoms with van der Waals surface area (Å²) in [6, 6.07) is 9.02. The second kappa shape index (κ2) is 11.6. The number of aromatic nitrogens is 2. The molecule has 3 heterocycles. The smallest absolute Gasteiger partial charge is 0.354 e. The Morgan fingerprint density at radius 3 is 2.34 bits per heavy atom. The molecule has 0 aliphatic carbocycles. The Hall–Kier alpha value is -3.32. The van der Waals surface area contributed by atoms with E-state index in [-0.39, 0.29) is 29.9 Å². The quantitative estimate of drug-likeness (QED) is 0.483. The van der Waals surface area contributed by atoms with Gasteiger partial charge in [-0.25, -0.2) is 9.59 Å². The highest BCUT2D eigenvalue weighted by molar-refractivity contribution is 5.89. The van der Waals surface area contributed by atoms with Crippen LogP contribution in [0.1, 0.15) is 25.8 Å². The van der Waals surface area contributed by atoms with E-state index in [1.165, 1.54) is 4.57 Å². The maximum atomic E-state index is 12.7. The van der Waals surface area contributed by atoms with Gasteiger partial charge < -0.3 is 26.0 Å². The number of piperidine rings is 1. The maximum Gasteiger partial charge on any atom is 0.354 e. The van der Waals surface area contributed by atoms with Crippen LogP contribution in [-0.2, 0) is 16.1 Å². The molecule has 5 N–H and O–H groups in total. The minimum Gasteiger partial charge on any atom is -0.379 e. The number of nitrogens with two attached hydrogens (primary N) is 2. The number of hydrogen-bond donors (Lipinski definition) is 3. The predicted molar refractivity (Wildman–Crippen MR) is 144 cm³/mol. The molecule has 0 radical (unpaired) electrons. The molecule has 4 rings (SSSR count). The molecule has 12 nitrogen and oxygen atoms in total. The molecule has 0 saturated carbocycles. The van der Waals surface area contributed by atoms with E-state index in [0.717, 1.165) is 31.6 Å². The summed E-state index contributed by atoms with van der Waals surface area (Å²) in [6.07, 6.45) is 2.52. The number of anilines is 1. The normalized spacial score (nSPS) is 20.9. The lowest BCUT2D eigenvalue weighted by Crippen LogP contribution is -2.58. The van der Waals surface area contributed by atoms with E-state index < -0.39 is 11.2 Å². The summed E-state index contributed by atoms with van der Waals surface area (Å²) >= 11 is 0. The number of methoxy groups -OCH3 is 1. The molecule has 1 unspecified atom stereocenters. The lowest BCUT2D eigenvalue weighted by atomic mass is 10.0. The number of piperazine rings is 1.